The molecule has 0 amide bonds. The molecule has 0 radical (unpaired) electrons. The molecule has 1 atom stereocenters. The summed E-state index contributed by atoms with van der Waals surface area (Å²) in [5.74, 6) is -0.341. The fraction of sp³-hybridized carbons (Fsp3) is 0.714. The van der Waals surface area contributed by atoms with E-state index in [1.54, 1.807) is 20.0 Å². The van der Waals surface area contributed by atoms with E-state index in [2.05, 4.69) is 5.32 Å². The Morgan fingerprint density at radius 3 is 2.29 bits per heavy atom. The van der Waals surface area contributed by atoms with Crippen molar-refractivity contribution in [2.24, 2.45) is 0 Å². The molecule has 1 heterocycles. The summed E-state index contributed by atoms with van der Waals surface area (Å²) in [6.07, 6.45) is 2.73. The molecule has 0 aromatic heterocycles. The van der Waals surface area contributed by atoms with Gasteiger partial charge in [-0.3, -0.25) is 0 Å². The molecule has 1 rings (SSSR count). The van der Waals surface area contributed by atoms with Crippen molar-refractivity contribution in [3.63, 3.8) is 0 Å². The second-order valence-electron chi connectivity index (χ2n) is 6.02. The first-order valence-corrected chi connectivity index (χ1v) is 7.13. The number of hydrogen-bond donors (Lipinski definition) is 2. The summed E-state index contributed by atoms with van der Waals surface area (Å²) in [5, 5.41) is 10.4. The lowest BCUT2D eigenvalue weighted by atomic mass is 9.79. The van der Waals surface area contributed by atoms with Crippen molar-refractivity contribution in [3.05, 3.63) is 11.7 Å². The summed E-state index contributed by atoms with van der Waals surface area (Å²) >= 11 is 0. The molecule has 0 aliphatic carbocycles. The maximum absolute atomic E-state index is 11.5. The van der Waals surface area contributed by atoms with Crippen LogP contribution >= 0.6 is 0 Å². The van der Waals surface area contributed by atoms with Gasteiger partial charge in [-0.05, 0) is 47.7 Å². The van der Waals surface area contributed by atoms with Crippen molar-refractivity contribution in [2.45, 2.75) is 58.8 Å². The van der Waals surface area contributed by atoms with E-state index in [1.807, 2.05) is 27.7 Å². The first kappa shape index (κ1) is 17.7. The zero-order chi connectivity index (χ0) is 16.3. The van der Waals surface area contributed by atoms with Crippen molar-refractivity contribution in [2.75, 3.05) is 6.61 Å². The number of hydrogen-bond acceptors (Lipinski definition) is 6. The molecule has 7 heteroatoms. The molecule has 0 saturated carbocycles. The van der Waals surface area contributed by atoms with Crippen LogP contribution in [0.2, 0.25) is 0 Å². The minimum absolute atomic E-state index is 0.337. The molecule has 0 spiro atoms. The van der Waals surface area contributed by atoms with E-state index in [0.717, 1.165) is 6.21 Å². The highest BCUT2D eigenvalue weighted by atomic mass is 16.7. The monoisotopic (exact) mass is 296 g/mol. The van der Waals surface area contributed by atoms with Crippen LogP contribution in [0.25, 0.3) is 0 Å². The fourth-order valence-corrected chi connectivity index (χ4v) is 1.71. The van der Waals surface area contributed by atoms with E-state index in [-0.39, 0.29) is 5.97 Å². The molecule has 0 bridgehead atoms. The average Bonchev–Trinajstić information content (AvgIpc) is 2.59. The average molecular weight is 296 g/mol. The van der Waals surface area contributed by atoms with Gasteiger partial charge in [-0.2, -0.15) is 0 Å². The molecule has 1 fully saturated rings. The molecule has 6 nitrogen and oxygen atoms in total. The lowest BCUT2D eigenvalue weighted by Gasteiger charge is -2.32. The van der Waals surface area contributed by atoms with Crippen LogP contribution in [0.1, 0.15) is 41.5 Å². The van der Waals surface area contributed by atoms with Gasteiger partial charge in [0.1, 0.15) is 6.04 Å². The van der Waals surface area contributed by atoms with Gasteiger partial charge >= 0.3 is 13.1 Å². The molecule has 1 aliphatic rings. The van der Waals surface area contributed by atoms with E-state index in [0.29, 0.717) is 12.1 Å². The highest BCUT2D eigenvalue weighted by molar-refractivity contribution is 6.60. The van der Waals surface area contributed by atoms with Gasteiger partial charge in [-0.15, -0.1) is 0 Å². The van der Waals surface area contributed by atoms with E-state index >= 15 is 0 Å². The Balaban J connectivity index is 2.74. The zero-order valence-corrected chi connectivity index (χ0v) is 13.6. The van der Waals surface area contributed by atoms with Crippen molar-refractivity contribution in [1.29, 1.82) is 5.41 Å². The number of esters is 1. The van der Waals surface area contributed by atoms with E-state index < -0.39 is 24.4 Å². The van der Waals surface area contributed by atoms with Crippen molar-refractivity contribution >= 4 is 19.3 Å². The second kappa shape index (κ2) is 6.62. The first-order valence-electron chi connectivity index (χ1n) is 7.13. The fourth-order valence-electron chi connectivity index (χ4n) is 1.71. The quantitative estimate of drug-likeness (QED) is 0.443. The van der Waals surface area contributed by atoms with Gasteiger partial charge in [-0.1, -0.05) is 0 Å². The summed E-state index contributed by atoms with van der Waals surface area (Å²) < 4.78 is 16.6. The summed E-state index contributed by atoms with van der Waals surface area (Å²) in [6.45, 7) is 11.6. The predicted octanol–water partition coefficient (Wildman–Crippen LogP) is 1.69. The smallest absolute Gasteiger partial charge is 0.464 e. The summed E-state index contributed by atoms with van der Waals surface area (Å²) in [5.41, 5.74) is -0.413. The Kier molecular flexibility index (Phi) is 5.58. The Hall–Kier alpha value is -1.34. The summed E-state index contributed by atoms with van der Waals surface area (Å²) in [7, 11) is -0.630. The van der Waals surface area contributed by atoms with E-state index in [1.165, 1.54) is 0 Å². The van der Waals surface area contributed by atoms with Crippen LogP contribution in [-0.2, 0) is 18.8 Å². The minimum Gasteiger partial charge on any atom is -0.464 e. The Labute approximate surface area is 126 Å². The van der Waals surface area contributed by atoms with Gasteiger partial charge in [0.2, 0.25) is 0 Å². The van der Waals surface area contributed by atoms with E-state index in [4.69, 9.17) is 19.5 Å². The third kappa shape index (κ3) is 4.08. The molecule has 1 aliphatic heterocycles. The van der Waals surface area contributed by atoms with E-state index in [9.17, 15) is 4.79 Å². The molecular formula is C14H25BN2O4. The summed E-state index contributed by atoms with van der Waals surface area (Å²) in [4.78, 5) is 11.5. The lowest BCUT2D eigenvalue weighted by Crippen LogP contribution is -2.41. The van der Waals surface area contributed by atoms with Gasteiger partial charge in [0.05, 0.1) is 17.8 Å². The molecule has 118 valence electrons. The Morgan fingerprint density at radius 1 is 1.33 bits per heavy atom. The van der Waals surface area contributed by atoms with Crippen LogP contribution in [0.3, 0.4) is 0 Å². The molecule has 1 saturated heterocycles. The molecular weight excluding hydrogens is 271 g/mol. The third-order valence-electron chi connectivity index (χ3n) is 3.83. The van der Waals surface area contributed by atoms with Crippen molar-refractivity contribution in [3.8, 4) is 0 Å². The maximum atomic E-state index is 11.5. The van der Waals surface area contributed by atoms with Crippen LogP contribution in [0.4, 0.5) is 0 Å². The van der Waals surface area contributed by atoms with Crippen LogP contribution in [0.5, 0.6) is 0 Å². The van der Waals surface area contributed by atoms with Gasteiger partial charge in [-0.25, -0.2) is 4.79 Å². The van der Waals surface area contributed by atoms with Gasteiger partial charge in [0, 0.05) is 11.7 Å². The maximum Gasteiger partial charge on any atom is 0.497 e. The zero-order valence-electron chi connectivity index (χ0n) is 13.6. The number of ether oxygens (including phenoxy) is 1. The van der Waals surface area contributed by atoms with Gasteiger partial charge in [0.25, 0.3) is 0 Å². The highest BCUT2D eigenvalue weighted by Crippen LogP contribution is 2.38. The topological polar surface area (TPSA) is 80.6 Å². The van der Waals surface area contributed by atoms with Crippen LogP contribution in [0, 0.1) is 5.41 Å². The molecule has 1 unspecified atom stereocenters. The first-order chi connectivity index (χ1) is 9.64. The second-order valence-corrected chi connectivity index (χ2v) is 6.02. The third-order valence-corrected chi connectivity index (χ3v) is 3.83. The van der Waals surface area contributed by atoms with Crippen LogP contribution in [-0.4, -0.2) is 43.2 Å². The number of carbonyl (C=O) groups is 1. The Bertz CT molecular complexity index is 419. The predicted molar refractivity (Wildman–Crippen MR) is 82.2 cm³/mol. The number of nitrogens with one attached hydrogen (secondary N) is 2. The highest BCUT2D eigenvalue weighted by Gasteiger charge is 2.52. The number of allylic oxidation sites excluding steroid dienone is 1. The van der Waals surface area contributed by atoms with Gasteiger partial charge < -0.3 is 24.8 Å². The molecule has 21 heavy (non-hydrogen) atoms. The largest absolute Gasteiger partial charge is 0.497 e. The standard InChI is InChI=1S/C14H25BN2O4/c1-7-19-12(18)10(2)17-9-11(8-16)15-20-13(3,4)14(5,6)21-15/h8-10,16-17H,7H2,1-6H3/b11-9+,16-8?. The lowest BCUT2D eigenvalue weighted by molar-refractivity contribution is -0.144. The van der Waals surface area contributed by atoms with Crippen molar-refractivity contribution in [1.82, 2.24) is 5.32 Å². The number of rotatable bonds is 6. The SMILES string of the molecule is CCOC(=O)C(C)N/C=C(\C=N)B1OC(C)(C)C(C)(C)O1. The van der Waals surface area contributed by atoms with Crippen molar-refractivity contribution < 1.29 is 18.8 Å². The normalized spacial score (nSPS) is 21.8. The number of carbonyl (C=O) groups excluding carboxylic acids is 1. The molecule has 0 aromatic rings. The van der Waals surface area contributed by atoms with Crippen LogP contribution in [0.15, 0.2) is 11.7 Å². The summed E-state index contributed by atoms with van der Waals surface area (Å²) in [6, 6.07) is -0.498. The van der Waals surface area contributed by atoms with Gasteiger partial charge in [0.15, 0.2) is 0 Å². The van der Waals surface area contributed by atoms with Crippen LogP contribution < -0.4 is 5.32 Å². The Morgan fingerprint density at radius 2 is 1.86 bits per heavy atom. The minimum atomic E-state index is -0.630. The molecule has 2 N–H and O–H groups in total. The molecule has 0 aromatic carbocycles.